The summed E-state index contributed by atoms with van der Waals surface area (Å²) in [6.45, 7) is 12.2. The maximum absolute atomic E-state index is 10.7. The predicted octanol–water partition coefficient (Wildman–Crippen LogP) is 1.36. The maximum Gasteiger partial charge on any atom is 0.333 e. The van der Waals surface area contributed by atoms with Crippen molar-refractivity contribution in [1.29, 1.82) is 0 Å². The van der Waals surface area contributed by atoms with Gasteiger partial charge in [-0.2, -0.15) is 0 Å². The maximum atomic E-state index is 10.7. The van der Waals surface area contributed by atoms with Crippen molar-refractivity contribution in [2.24, 2.45) is 0 Å². The topological polar surface area (TPSA) is 93.1 Å². The zero-order valence-corrected chi connectivity index (χ0v) is 13.1. The zero-order chi connectivity index (χ0) is 16.8. The molecular formula is C15H26O6. The highest BCUT2D eigenvalue weighted by molar-refractivity contribution is 5.87. The number of aliphatic hydroxyl groups is 2. The van der Waals surface area contributed by atoms with Gasteiger partial charge in [0, 0.05) is 30.6 Å². The molecule has 0 saturated carbocycles. The fourth-order valence-electron chi connectivity index (χ4n) is 0.798. The second-order valence-corrected chi connectivity index (χ2v) is 4.55. The third-order valence-electron chi connectivity index (χ3n) is 2.00. The van der Waals surface area contributed by atoms with Crippen molar-refractivity contribution in [3.63, 3.8) is 0 Å². The Morgan fingerprint density at radius 2 is 1.48 bits per heavy atom. The van der Waals surface area contributed by atoms with Crippen LogP contribution in [0.1, 0.15) is 33.6 Å². The van der Waals surface area contributed by atoms with Crippen molar-refractivity contribution in [3.05, 3.63) is 24.3 Å². The molecule has 0 saturated heterocycles. The first-order valence-electron chi connectivity index (χ1n) is 6.66. The molecule has 0 aromatic heterocycles. The third-order valence-corrected chi connectivity index (χ3v) is 2.00. The number of rotatable bonds is 8. The molecule has 0 rings (SSSR count). The minimum Gasteiger partial charge on any atom is -0.462 e. The van der Waals surface area contributed by atoms with Crippen molar-refractivity contribution in [2.45, 2.75) is 39.7 Å². The van der Waals surface area contributed by atoms with E-state index in [4.69, 9.17) is 14.9 Å². The van der Waals surface area contributed by atoms with E-state index in [1.807, 2.05) is 0 Å². The van der Waals surface area contributed by atoms with E-state index in [0.29, 0.717) is 24.0 Å². The van der Waals surface area contributed by atoms with Crippen molar-refractivity contribution in [2.75, 3.05) is 19.8 Å². The molecule has 0 aliphatic rings. The summed E-state index contributed by atoms with van der Waals surface area (Å²) in [6.07, 6.45) is 0.533. The molecule has 6 heteroatoms. The molecule has 21 heavy (non-hydrogen) atoms. The van der Waals surface area contributed by atoms with E-state index in [9.17, 15) is 9.59 Å². The molecule has 0 bridgehead atoms. The number of carbonyl (C=O) groups is 2. The Balaban J connectivity index is 0. The normalized spacial score (nSPS) is 10.7. The molecule has 0 aromatic carbocycles. The van der Waals surface area contributed by atoms with Crippen LogP contribution in [-0.4, -0.2) is 48.1 Å². The van der Waals surface area contributed by atoms with Crippen molar-refractivity contribution in [1.82, 2.24) is 0 Å². The third kappa shape index (κ3) is 16.3. The molecule has 0 aliphatic carbocycles. The van der Waals surface area contributed by atoms with Crippen molar-refractivity contribution < 1.29 is 29.3 Å². The van der Waals surface area contributed by atoms with Gasteiger partial charge in [0.05, 0.1) is 19.3 Å². The number of esters is 2. The first kappa shape index (κ1) is 21.6. The van der Waals surface area contributed by atoms with Gasteiger partial charge >= 0.3 is 11.9 Å². The fourth-order valence-corrected chi connectivity index (χ4v) is 0.798. The van der Waals surface area contributed by atoms with E-state index in [1.54, 1.807) is 20.8 Å². The smallest absolute Gasteiger partial charge is 0.333 e. The number of ether oxygens (including phenoxy) is 2. The molecule has 0 heterocycles. The van der Waals surface area contributed by atoms with Gasteiger partial charge in [0.15, 0.2) is 0 Å². The van der Waals surface area contributed by atoms with E-state index in [-0.39, 0.29) is 19.8 Å². The Morgan fingerprint density at radius 3 is 1.81 bits per heavy atom. The van der Waals surface area contributed by atoms with E-state index < -0.39 is 18.0 Å². The first-order valence-corrected chi connectivity index (χ1v) is 6.66. The minimum atomic E-state index is -0.423. The van der Waals surface area contributed by atoms with Gasteiger partial charge in [-0.1, -0.05) is 13.2 Å². The Labute approximate surface area is 126 Å². The highest BCUT2D eigenvalue weighted by atomic mass is 16.5. The average Bonchev–Trinajstić information content (AvgIpc) is 2.38. The van der Waals surface area contributed by atoms with Gasteiger partial charge in [-0.15, -0.1) is 0 Å². The van der Waals surface area contributed by atoms with Gasteiger partial charge in [0.1, 0.15) is 0 Å². The molecule has 0 fully saturated rings. The molecule has 0 amide bonds. The average molecular weight is 302 g/mol. The van der Waals surface area contributed by atoms with Gasteiger partial charge in [-0.05, 0) is 20.8 Å². The summed E-state index contributed by atoms with van der Waals surface area (Å²) in [5.41, 5.74) is 0.772. The molecular weight excluding hydrogens is 276 g/mol. The molecule has 6 nitrogen and oxygen atoms in total. The lowest BCUT2D eigenvalue weighted by molar-refractivity contribution is -0.140. The molecule has 2 N–H and O–H groups in total. The van der Waals surface area contributed by atoms with Crippen LogP contribution in [0.4, 0.5) is 0 Å². The summed E-state index contributed by atoms with van der Waals surface area (Å²) in [5.74, 6) is -0.792. The highest BCUT2D eigenvalue weighted by Crippen LogP contribution is 1.95. The lowest BCUT2D eigenvalue weighted by Crippen LogP contribution is -2.10. The SMILES string of the molecule is C=C(C)C(=O)OCCC(C)O.C=C(C)C(=O)OCCCO. The molecule has 1 atom stereocenters. The second-order valence-electron chi connectivity index (χ2n) is 4.55. The lowest BCUT2D eigenvalue weighted by Gasteiger charge is -2.05. The van der Waals surface area contributed by atoms with E-state index >= 15 is 0 Å². The zero-order valence-electron chi connectivity index (χ0n) is 13.1. The summed E-state index contributed by atoms with van der Waals surface area (Å²) >= 11 is 0. The Bertz CT molecular complexity index is 346. The van der Waals surface area contributed by atoms with Gasteiger partial charge in [-0.25, -0.2) is 9.59 Å². The van der Waals surface area contributed by atoms with Crippen LogP contribution in [0, 0.1) is 0 Å². The van der Waals surface area contributed by atoms with E-state index in [1.165, 1.54) is 0 Å². The molecule has 0 spiro atoms. The fraction of sp³-hybridized carbons (Fsp3) is 0.600. The van der Waals surface area contributed by atoms with Gasteiger partial charge < -0.3 is 19.7 Å². The molecule has 0 radical (unpaired) electrons. The van der Waals surface area contributed by atoms with Crippen LogP contribution >= 0.6 is 0 Å². The first-order chi connectivity index (χ1) is 9.72. The van der Waals surface area contributed by atoms with Gasteiger partial charge in [-0.3, -0.25) is 0 Å². The highest BCUT2D eigenvalue weighted by Gasteiger charge is 2.03. The Hall–Kier alpha value is -1.66. The summed E-state index contributed by atoms with van der Waals surface area (Å²) in [4.78, 5) is 21.3. The van der Waals surface area contributed by atoms with Crippen LogP contribution in [0.25, 0.3) is 0 Å². The van der Waals surface area contributed by atoms with Crippen molar-refractivity contribution in [3.8, 4) is 0 Å². The summed E-state index contributed by atoms with van der Waals surface area (Å²) < 4.78 is 9.36. The van der Waals surface area contributed by atoms with Gasteiger partial charge in [0.25, 0.3) is 0 Å². The van der Waals surface area contributed by atoms with E-state index in [0.717, 1.165) is 0 Å². The van der Waals surface area contributed by atoms with E-state index in [2.05, 4.69) is 17.9 Å². The van der Waals surface area contributed by atoms with Crippen LogP contribution in [0.3, 0.4) is 0 Å². The minimum absolute atomic E-state index is 0.0451. The van der Waals surface area contributed by atoms with Crippen LogP contribution in [0.5, 0.6) is 0 Å². The Morgan fingerprint density at radius 1 is 1.05 bits per heavy atom. The number of hydrogen-bond acceptors (Lipinski definition) is 6. The number of carbonyl (C=O) groups excluding carboxylic acids is 2. The van der Waals surface area contributed by atoms with Crippen LogP contribution < -0.4 is 0 Å². The van der Waals surface area contributed by atoms with Crippen LogP contribution in [-0.2, 0) is 19.1 Å². The largest absolute Gasteiger partial charge is 0.462 e. The van der Waals surface area contributed by atoms with Gasteiger partial charge in [0.2, 0.25) is 0 Å². The lowest BCUT2D eigenvalue weighted by atomic mass is 10.3. The molecule has 1 unspecified atom stereocenters. The van der Waals surface area contributed by atoms with Crippen molar-refractivity contribution >= 4 is 11.9 Å². The molecule has 122 valence electrons. The van der Waals surface area contributed by atoms with Crippen LogP contribution in [0.2, 0.25) is 0 Å². The molecule has 0 aliphatic heterocycles. The number of aliphatic hydroxyl groups excluding tert-OH is 2. The molecule has 0 aromatic rings. The summed E-state index contributed by atoms with van der Waals surface area (Å²) in [6, 6.07) is 0. The van der Waals surface area contributed by atoms with Crippen LogP contribution in [0.15, 0.2) is 24.3 Å². The number of hydrogen-bond donors (Lipinski definition) is 2. The quantitative estimate of drug-likeness (QED) is 0.399. The standard InChI is InChI=1S/C8H14O3.C7H12O3/c1-6(2)8(10)11-5-4-7(3)9;1-6(2)7(9)10-5-3-4-8/h7,9H,1,4-5H2,2-3H3;8H,1,3-5H2,2H3. The Kier molecular flexibility index (Phi) is 13.7. The predicted molar refractivity (Wildman–Crippen MR) is 79.5 cm³/mol. The summed E-state index contributed by atoms with van der Waals surface area (Å²) in [5, 5.41) is 17.1. The second kappa shape index (κ2) is 13.3. The summed E-state index contributed by atoms with van der Waals surface area (Å²) in [7, 11) is 0. The monoisotopic (exact) mass is 302 g/mol.